The van der Waals surface area contributed by atoms with Crippen LogP contribution in [-0.2, 0) is 0 Å². The van der Waals surface area contributed by atoms with Gasteiger partial charge in [-0.05, 0) is 5.92 Å². The molecule has 0 aromatic heterocycles. The van der Waals surface area contributed by atoms with E-state index in [2.05, 4.69) is 27.0 Å². The van der Waals surface area contributed by atoms with E-state index < -0.39 is 0 Å². The highest BCUT2D eigenvalue weighted by Crippen LogP contribution is 2.05. The van der Waals surface area contributed by atoms with Crippen LogP contribution in [0.4, 0.5) is 0 Å². The van der Waals surface area contributed by atoms with Gasteiger partial charge < -0.3 is 0 Å². The van der Waals surface area contributed by atoms with Gasteiger partial charge in [-0.15, -0.1) is 0 Å². The molecule has 0 nitrogen and oxygen atoms in total. The van der Waals surface area contributed by atoms with Crippen LogP contribution in [-0.4, -0.2) is 0 Å². The van der Waals surface area contributed by atoms with Crippen molar-refractivity contribution in [3.05, 3.63) is 24.8 Å². The van der Waals surface area contributed by atoms with Crippen molar-refractivity contribution in [2.75, 3.05) is 0 Å². The zero-order chi connectivity index (χ0) is 7.86. The minimum atomic E-state index is 0.553. The largest absolute Gasteiger partial charge is 0.0988 e. The summed E-state index contributed by atoms with van der Waals surface area (Å²) in [6, 6.07) is 0. The third kappa shape index (κ3) is 7.48. The van der Waals surface area contributed by atoms with Gasteiger partial charge in [-0.3, -0.25) is 0 Å². The Bertz CT molecular complexity index is 78.0. The standard InChI is InChI=1S/C7H12.C2H6/c1-5-7(4)6(2)3;1-2/h5-6H,1,4H2,2-3H3;1-2H3. The molecule has 0 N–H and O–H groups in total. The molecule has 0 radical (unpaired) electrons. The molecule has 0 aliphatic rings. The molecule has 0 heterocycles. The van der Waals surface area contributed by atoms with E-state index in [4.69, 9.17) is 0 Å². The lowest BCUT2D eigenvalue weighted by molar-refractivity contribution is 0.796. The zero-order valence-corrected chi connectivity index (χ0v) is 7.07. The highest BCUT2D eigenvalue weighted by atomic mass is 14.0. The summed E-state index contributed by atoms with van der Waals surface area (Å²) in [4.78, 5) is 0. The van der Waals surface area contributed by atoms with Crippen LogP contribution >= 0.6 is 0 Å². The average molecular weight is 126 g/mol. The minimum Gasteiger partial charge on any atom is -0.0988 e. The fraction of sp³-hybridized carbons (Fsp3) is 0.556. The molecule has 0 unspecified atom stereocenters. The molecule has 0 bridgehead atoms. The van der Waals surface area contributed by atoms with Crippen LogP contribution in [0.5, 0.6) is 0 Å². The van der Waals surface area contributed by atoms with Gasteiger partial charge in [0, 0.05) is 0 Å². The van der Waals surface area contributed by atoms with Crippen molar-refractivity contribution in [1.82, 2.24) is 0 Å². The van der Waals surface area contributed by atoms with Crippen molar-refractivity contribution in [3.63, 3.8) is 0 Å². The third-order valence-corrected chi connectivity index (χ3v) is 1.00. The summed E-state index contributed by atoms with van der Waals surface area (Å²) in [6.07, 6.45) is 1.80. The van der Waals surface area contributed by atoms with Crippen molar-refractivity contribution < 1.29 is 0 Å². The second kappa shape index (κ2) is 7.48. The van der Waals surface area contributed by atoms with Crippen molar-refractivity contribution in [3.8, 4) is 0 Å². The van der Waals surface area contributed by atoms with Crippen molar-refractivity contribution in [2.24, 2.45) is 5.92 Å². The van der Waals surface area contributed by atoms with E-state index in [0.29, 0.717) is 5.92 Å². The number of rotatable bonds is 2. The van der Waals surface area contributed by atoms with Gasteiger partial charge >= 0.3 is 0 Å². The third-order valence-electron chi connectivity index (χ3n) is 1.00. The van der Waals surface area contributed by atoms with Crippen molar-refractivity contribution >= 4 is 0 Å². The van der Waals surface area contributed by atoms with Crippen LogP contribution in [0.3, 0.4) is 0 Å². The summed E-state index contributed by atoms with van der Waals surface area (Å²) >= 11 is 0. The van der Waals surface area contributed by atoms with E-state index in [1.165, 1.54) is 0 Å². The smallest absolute Gasteiger partial charge is 0.0225 e. The first-order valence-electron chi connectivity index (χ1n) is 3.49. The van der Waals surface area contributed by atoms with E-state index in [1.807, 2.05) is 13.8 Å². The lowest BCUT2D eigenvalue weighted by Crippen LogP contribution is -1.85. The van der Waals surface area contributed by atoms with E-state index in [9.17, 15) is 0 Å². The lowest BCUT2D eigenvalue weighted by Gasteiger charge is -1.99. The summed E-state index contributed by atoms with van der Waals surface area (Å²) in [5, 5.41) is 0. The van der Waals surface area contributed by atoms with E-state index in [0.717, 1.165) is 5.57 Å². The predicted octanol–water partition coefficient (Wildman–Crippen LogP) is 3.41. The second-order valence-electron chi connectivity index (χ2n) is 1.93. The van der Waals surface area contributed by atoms with Crippen LogP contribution in [0.15, 0.2) is 24.8 Å². The van der Waals surface area contributed by atoms with Gasteiger partial charge in [0.15, 0.2) is 0 Å². The van der Waals surface area contributed by atoms with Crippen molar-refractivity contribution in [2.45, 2.75) is 27.7 Å². The molecule has 0 spiro atoms. The molecule has 0 aromatic rings. The monoisotopic (exact) mass is 126 g/mol. The maximum Gasteiger partial charge on any atom is -0.0225 e. The Kier molecular flexibility index (Phi) is 9.39. The van der Waals surface area contributed by atoms with Gasteiger partial charge in [-0.1, -0.05) is 52.5 Å². The molecule has 0 aromatic carbocycles. The summed E-state index contributed by atoms with van der Waals surface area (Å²) in [6.45, 7) is 15.5. The molecule has 0 aliphatic carbocycles. The first kappa shape index (κ1) is 11.3. The number of hydrogen-bond acceptors (Lipinski definition) is 0. The minimum absolute atomic E-state index is 0.553. The van der Waals surface area contributed by atoms with Crippen LogP contribution < -0.4 is 0 Å². The van der Waals surface area contributed by atoms with E-state index in [-0.39, 0.29) is 0 Å². The van der Waals surface area contributed by atoms with E-state index in [1.54, 1.807) is 6.08 Å². The fourth-order valence-corrected chi connectivity index (χ4v) is 0.236. The van der Waals surface area contributed by atoms with Crippen LogP contribution in [0.2, 0.25) is 0 Å². The van der Waals surface area contributed by atoms with Gasteiger partial charge in [0.05, 0.1) is 0 Å². The highest BCUT2D eigenvalue weighted by molar-refractivity contribution is 5.12. The van der Waals surface area contributed by atoms with Gasteiger partial charge in [-0.2, -0.15) is 0 Å². The Hall–Kier alpha value is -0.520. The van der Waals surface area contributed by atoms with Gasteiger partial charge in [0.25, 0.3) is 0 Å². The maximum atomic E-state index is 3.75. The molecular weight excluding hydrogens is 108 g/mol. The maximum absolute atomic E-state index is 3.75. The molecule has 0 atom stereocenters. The Morgan fingerprint density at radius 1 is 1.33 bits per heavy atom. The molecule has 0 fully saturated rings. The molecule has 0 heteroatoms. The Morgan fingerprint density at radius 2 is 1.67 bits per heavy atom. The second-order valence-corrected chi connectivity index (χ2v) is 1.93. The Labute approximate surface area is 59.3 Å². The fourth-order valence-electron chi connectivity index (χ4n) is 0.236. The van der Waals surface area contributed by atoms with Gasteiger partial charge in [0.2, 0.25) is 0 Å². The molecule has 0 amide bonds. The topological polar surface area (TPSA) is 0 Å². The first-order chi connectivity index (χ1) is 4.18. The molecule has 9 heavy (non-hydrogen) atoms. The zero-order valence-electron chi connectivity index (χ0n) is 7.07. The summed E-state index contributed by atoms with van der Waals surface area (Å²) in [5.41, 5.74) is 1.11. The predicted molar refractivity (Wildman–Crippen MR) is 45.5 cm³/mol. The van der Waals surface area contributed by atoms with Gasteiger partial charge in [-0.25, -0.2) is 0 Å². The summed E-state index contributed by atoms with van der Waals surface area (Å²) in [7, 11) is 0. The average Bonchev–Trinajstić information content (AvgIpc) is 1.91. The van der Waals surface area contributed by atoms with Gasteiger partial charge in [0.1, 0.15) is 0 Å². The molecule has 0 rings (SSSR count). The number of hydrogen-bond donors (Lipinski definition) is 0. The highest BCUT2D eigenvalue weighted by Gasteiger charge is 1.90. The van der Waals surface area contributed by atoms with E-state index >= 15 is 0 Å². The van der Waals surface area contributed by atoms with Crippen molar-refractivity contribution in [1.29, 1.82) is 0 Å². The Morgan fingerprint density at radius 3 is 1.67 bits per heavy atom. The van der Waals surface area contributed by atoms with Crippen LogP contribution in [0.25, 0.3) is 0 Å². The quantitative estimate of drug-likeness (QED) is 0.497. The number of allylic oxidation sites excluding steroid dienone is 2. The molecule has 0 saturated carbocycles. The normalized spacial score (nSPS) is 7.67. The molecule has 0 saturated heterocycles. The lowest BCUT2D eigenvalue weighted by atomic mass is 10.1. The summed E-state index contributed by atoms with van der Waals surface area (Å²) in [5.74, 6) is 0.553. The molecule has 54 valence electrons. The molecule has 0 aliphatic heterocycles. The first-order valence-corrected chi connectivity index (χ1v) is 3.49. The summed E-state index contributed by atoms with van der Waals surface area (Å²) < 4.78 is 0. The Balaban J connectivity index is 0. The SMILES string of the molecule is C=CC(=C)C(C)C.CC. The molecular formula is C9H18. The van der Waals surface area contributed by atoms with Crippen LogP contribution in [0.1, 0.15) is 27.7 Å². The van der Waals surface area contributed by atoms with Crippen LogP contribution in [0, 0.1) is 5.92 Å².